The quantitative estimate of drug-likeness (QED) is 0.382. The largest absolute Gasteiger partial charge is 0.468 e. The molecule has 2 nitrogen and oxygen atoms in total. The van der Waals surface area contributed by atoms with Crippen LogP contribution in [-0.2, 0) is 0 Å². The van der Waals surface area contributed by atoms with Crippen LogP contribution in [0.15, 0.2) is 0 Å². The molecule has 1 rings (SSSR count). The first-order valence-electron chi connectivity index (χ1n) is 3.14. The van der Waals surface area contributed by atoms with Gasteiger partial charge in [0.05, 0.1) is 19.2 Å². The second-order valence-corrected chi connectivity index (χ2v) is 2.48. The van der Waals surface area contributed by atoms with Gasteiger partial charge in [0, 0.05) is 12.8 Å². The van der Waals surface area contributed by atoms with Crippen LogP contribution in [0.25, 0.3) is 0 Å². The second kappa shape index (κ2) is 2.46. The normalized spacial score (nSPS) is 39.8. The highest BCUT2D eigenvalue weighted by molar-refractivity contribution is 4.57. The number of quaternary nitrogens is 1. The number of hydrogen-bond acceptors (Lipinski definition) is 1. The first-order chi connectivity index (χ1) is 3.79. The van der Waals surface area contributed by atoms with E-state index in [4.69, 9.17) is 5.11 Å². The predicted octanol–water partition coefficient (Wildman–Crippen LogP) is -1.18. The molecule has 0 aromatic heterocycles. The summed E-state index contributed by atoms with van der Waals surface area (Å²) in [5, 5.41) is 8.99. The lowest BCUT2D eigenvalue weighted by molar-refractivity contribution is -0.860. The van der Waals surface area contributed by atoms with Gasteiger partial charge in [-0.2, -0.15) is 7.05 Å². The lowest BCUT2D eigenvalue weighted by Crippen LogP contribution is -3.08. The van der Waals surface area contributed by atoms with E-state index in [-0.39, 0.29) is 6.10 Å². The molecule has 0 spiro atoms. The smallest absolute Gasteiger partial charge is 0.0645 e. The minimum Gasteiger partial charge on any atom is -0.468 e. The van der Waals surface area contributed by atoms with E-state index in [1.165, 1.54) is 4.90 Å². The Bertz CT molecular complexity index is 56.9. The lowest BCUT2D eigenvalue weighted by Gasteiger charge is -2.28. The number of likely N-dealkylation sites (tertiary alicyclic amines) is 1. The van der Waals surface area contributed by atoms with Crippen molar-refractivity contribution in [1.82, 2.24) is 0 Å². The molecule has 0 unspecified atom stereocenters. The molecule has 0 bridgehead atoms. The van der Waals surface area contributed by atoms with Crippen LogP contribution < -0.4 is 4.90 Å². The Kier molecular flexibility index (Phi) is 1.86. The topological polar surface area (TPSA) is 24.7 Å². The van der Waals surface area contributed by atoms with Crippen molar-refractivity contribution in [1.29, 1.82) is 0 Å². The molecule has 2 heteroatoms. The lowest BCUT2D eigenvalue weighted by atomic mass is 10.1. The summed E-state index contributed by atoms with van der Waals surface area (Å²) < 4.78 is 0. The summed E-state index contributed by atoms with van der Waals surface area (Å²) >= 11 is 0. The second-order valence-electron chi connectivity index (χ2n) is 2.48. The zero-order valence-corrected chi connectivity index (χ0v) is 5.06. The summed E-state index contributed by atoms with van der Waals surface area (Å²) in [7, 11) is 3.84. The monoisotopic (exact) mass is 115 g/mol. The third kappa shape index (κ3) is 1.46. The van der Waals surface area contributed by atoms with Crippen molar-refractivity contribution in [3.63, 3.8) is 0 Å². The number of piperidine rings is 1. The summed E-state index contributed by atoms with van der Waals surface area (Å²) in [4.78, 5) is 1.30. The first kappa shape index (κ1) is 6.05. The molecule has 0 aromatic rings. The summed E-state index contributed by atoms with van der Waals surface area (Å²) in [6.45, 7) is 2.06. The summed E-state index contributed by atoms with van der Waals surface area (Å²) in [6, 6.07) is 0. The van der Waals surface area contributed by atoms with Gasteiger partial charge in [0.15, 0.2) is 0 Å². The minimum atomic E-state index is -0.0412. The number of aliphatic hydroxyl groups excluding tert-OH is 1. The molecule has 1 aliphatic heterocycles. The fourth-order valence-electron chi connectivity index (χ4n) is 1.01. The molecule has 1 aliphatic rings. The van der Waals surface area contributed by atoms with Crippen LogP contribution >= 0.6 is 0 Å². The van der Waals surface area contributed by atoms with Crippen LogP contribution in [0.3, 0.4) is 0 Å². The summed E-state index contributed by atoms with van der Waals surface area (Å²) in [5.74, 6) is 0. The van der Waals surface area contributed by atoms with Crippen molar-refractivity contribution < 1.29 is 10.0 Å². The molecule has 0 atom stereocenters. The Labute approximate surface area is 50.1 Å². The molecule has 1 fully saturated rings. The number of hydrogen-bond donors (Lipinski definition) is 2. The molecule has 0 radical (unpaired) electrons. The van der Waals surface area contributed by atoms with Gasteiger partial charge >= 0.3 is 0 Å². The van der Waals surface area contributed by atoms with Crippen molar-refractivity contribution in [3.05, 3.63) is 7.05 Å². The SMILES string of the molecule is [CH2-][NH+]1CCC(O)CC1. The van der Waals surface area contributed by atoms with Crippen molar-refractivity contribution >= 4 is 0 Å². The first-order valence-corrected chi connectivity index (χ1v) is 3.14. The predicted molar refractivity (Wildman–Crippen MR) is 31.3 cm³/mol. The van der Waals surface area contributed by atoms with Gasteiger partial charge in [-0.1, -0.05) is 0 Å². The van der Waals surface area contributed by atoms with Gasteiger partial charge in [-0.3, -0.25) is 0 Å². The molecule has 1 saturated heterocycles. The van der Waals surface area contributed by atoms with E-state index in [0.29, 0.717) is 0 Å². The molecular weight excluding hydrogens is 102 g/mol. The maximum atomic E-state index is 8.99. The zero-order chi connectivity index (χ0) is 5.98. The van der Waals surface area contributed by atoms with Gasteiger partial charge < -0.3 is 10.0 Å². The molecule has 0 saturated carbocycles. The Morgan fingerprint density at radius 3 is 2.25 bits per heavy atom. The standard InChI is InChI=1S/C6H13NO/c1-7-4-2-6(8)3-5-7/h6-8H,1-5H2. The van der Waals surface area contributed by atoms with Gasteiger partial charge in [0.2, 0.25) is 0 Å². The number of rotatable bonds is 0. The summed E-state index contributed by atoms with van der Waals surface area (Å²) in [6.07, 6.45) is 1.82. The summed E-state index contributed by atoms with van der Waals surface area (Å²) in [5.41, 5.74) is 0. The highest BCUT2D eigenvalue weighted by Crippen LogP contribution is 1.96. The van der Waals surface area contributed by atoms with Gasteiger partial charge in [-0.25, -0.2) is 0 Å². The van der Waals surface area contributed by atoms with Crippen LogP contribution in [0, 0.1) is 7.05 Å². The highest BCUT2D eigenvalue weighted by Gasteiger charge is 2.12. The van der Waals surface area contributed by atoms with E-state index in [0.717, 1.165) is 25.9 Å². The Morgan fingerprint density at radius 2 is 1.88 bits per heavy atom. The Hall–Kier alpha value is -0.0800. The maximum Gasteiger partial charge on any atom is 0.0645 e. The molecular formula is C6H13NO. The Balaban J connectivity index is 2.19. The van der Waals surface area contributed by atoms with Crippen molar-refractivity contribution in [2.75, 3.05) is 13.1 Å². The van der Waals surface area contributed by atoms with E-state index in [1.807, 2.05) is 0 Å². The molecule has 48 valence electrons. The van der Waals surface area contributed by atoms with Gasteiger partial charge in [0.25, 0.3) is 0 Å². The fraction of sp³-hybridized carbons (Fsp3) is 0.833. The van der Waals surface area contributed by atoms with E-state index in [1.54, 1.807) is 0 Å². The molecule has 0 aliphatic carbocycles. The van der Waals surface area contributed by atoms with E-state index in [9.17, 15) is 0 Å². The van der Waals surface area contributed by atoms with Gasteiger partial charge in [0.1, 0.15) is 0 Å². The van der Waals surface area contributed by atoms with E-state index in [2.05, 4.69) is 7.05 Å². The number of aliphatic hydroxyl groups is 1. The highest BCUT2D eigenvalue weighted by atomic mass is 16.3. The molecule has 0 amide bonds. The average Bonchev–Trinajstić information content (AvgIpc) is 1.77. The van der Waals surface area contributed by atoms with Gasteiger partial charge in [-0.05, 0) is 0 Å². The van der Waals surface area contributed by atoms with Crippen molar-refractivity contribution in [3.8, 4) is 0 Å². The average molecular weight is 115 g/mol. The van der Waals surface area contributed by atoms with Crippen LogP contribution in [0.4, 0.5) is 0 Å². The Morgan fingerprint density at radius 1 is 1.38 bits per heavy atom. The molecule has 1 heterocycles. The third-order valence-corrected chi connectivity index (χ3v) is 1.66. The van der Waals surface area contributed by atoms with Crippen LogP contribution in [-0.4, -0.2) is 24.3 Å². The molecule has 0 aromatic carbocycles. The maximum absolute atomic E-state index is 8.99. The molecule has 8 heavy (non-hydrogen) atoms. The zero-order valence-electron chi connectivity index (χ0n) is 5.06. The minimum absolute atomic E-state index is 0.0412. The van der Waals surface area contributed by atoms with Crippen LogP contribution in [0.1, 0.15) is 12.8 Å². The van der Waals surface area contributed by atoms with Crippen LogP contribution in [0.5, 0.6) is 0 Å². The van der Waals surface area contributed by atoms with Crippen LogP contribution in [0.2, 0.25) is 0 Å². The van der Waals surface area contributed by atoms with Gasteiger partial charge in [-0.15, -0.1) is 0 Å². The van der Waals surface area contributed by atoms with Crippen molar-refractivity contribution in [2.24, 2.45) is 0 Å². The fourth-order valence-corrected chi connectivity index (χ4v) is 1.01. The third-order valence-electron chi connectivity index (χ3n) is 1.66. The van der Waals surface area contributed by atoms with E-state index < -0.39 is 0 Å². The molecule has 2 N–H and O–H groups in total. The number of nitrogens with one attached hydrogen (secondary N) is 1. The van der Waals surface area contributed by atoms with Crippen molar-refractivity contribution in [2.45, 2.75) is 18.9 Å². The van der Waals surface area contributed by atoms with E-state index >= 15 is 0 Å².